The van der Waals surface area contributed by atoms with E-state index >= 15 is 0 Å². The molecule has 2 rings (SSSR count). The van der Waals surface area contributed by atoms with Crippen molar-refractivity contribution in [2.24, 2.45) is 0 Å². The van der Waals surface area contributed by atoms with Crippen LogP contribution in [-0.2, 0) is 0 Å². The minimum atomic E-state index is -0.380. The summed E-state index contributed by atoms with van der Waals surface area (Å²) in [5, 5.41) is 9.52. The fraction of sp³-hybridized carbons (Fsp3) is 0.600. The van der Waals surface area contributed by atoms with Gasteiger partial charge in [0.05, 0.1) is 6.10 Å². The number of hydrogen-bond donors (Lipinski definition) is 1. The largest absolute Gasteiger partial charge is 0.389 e. The zero-order chi connectivity index (χ0) is 13.1. The molecule has 100 valence electrons. The summed E-state index contributed by atoms with van der Waals surface area (Å²) in [6, 6.07) is 8.95. The van der Waals surface area contributed by atoms with E-state index in [0.717, 1.165) is 25.2 Å². The summed E-state index contributed by atoms with van der Waals surface area (Å²) in [5.41, 5.74) is 2.26. The lowest BCUT2D eigenvalue weighted by molar-refractivity contribution is 0.199. The number of hydrogen-bond acceptors (Lipinski definition) is 3. The predicted octanol–water partition coefficient (Wildman–Crippen LogP) is 2.27. The van der Waals surface area contributed by atoms with Gasteiger partial charge >= 0.3 is 0 Å². The minimum absolute atomic E-state index is 0.380. The van der Waals surface area contributed by atoms with Crippen LogP contribution in [0.25, 0.3) is 0 Å². The molecule has 0 radical (unpaired) electrons. The van der Waals surface area contributed by atoms with Gasteiger partial charge in [-0.25, -0.2) is 0 Å². The second-order valence-electron chi connectivity index (χ2n) is 5.26. The summed E-state index contributed by atoms with van der Waals surface area (Å²) in [5.74, 6) is 0. The maximum Gasteiger partial charge on any atom is 0.0761 e. The molecule has 1 saturated heterocycles. The average molecular weight is 248 g/mol. The molecule has 2 atom stereocenters. The molecule has 1 aromatic carbocycles. The van der Waals surface area contributed by atoms with Gasteiger partial charge in [-0.15, -0.1) is 0 Å². The number of piperazine rings is 1. The van der Waals surface area contributed by atoms with Gasteiger partial charge in [0.25, 0.3) is 0 Å². The quantitative estimate of drug-likeness (QED) is 0.889. The van der Waals surface area contributed by atoms with Crippen molar-refractivity contribution >= 4 is 5.69 Å². The Hall–Kier alpha value is -1.06. The molecule has 1 aromatic rings. The summed E-state index contributed by atoms with van der Waals surface area (Å²) < 4.78 is 0. The number of aliphatic hydroxyl groups is 1. The molecule has 1 aliphatic rings. The Bertz CT molecular complexity index is 375. The molecule has 0 aliphatic carbocycles. The SMILES string of the molecule is CCC1CN(c2ccc([C@H](C)O)cc2)CCN1C. The lowest BCUT2D eigenvalue weighted by atomic mass is 10.1. The number of aliphatic hydroxyl groups excluding tert-OH is 1. The van der Waals surface area contributed by atoms with Crippen molar-refractivity contribution in [3.8, 4) is 0 Å². The van der Waals surface area contributed by atoms with E-state index in [2.05, 4.69) is 35.9 Å². The second kappa shape index (κ2) is 5.72. The Balaban J connectivity index is 2.07. The maximum atomic E-state index is 9.52. The Labute approximate surface area is 110 Å². The van der Waals surface area contributed by atoms with Gasteiger partial charge in [0, 0.05) is 31.4 Å². The number of rotatable bonds is 3. The molecule has 18 heavy (non-hydrogen) atoms. The van der Waals surface area contributed by atoms with Crippen LogP contribution in [0.2, 0.25) is 0 Å². The van der Waals surface area contributed by atoms with Crippen LogP contribution in [0.1, 0.15) is 31.9 Å². The van der Waals surface area contributed by atoms with Gasteiger partial charge in [0.2, 0.25) is 0 Å². The van der Waals surface area contributed by atoms with Crippen molar-refractivity contribution in [2.45, 2.75) is 32.4 Å². The van der Waals surface area contributed by atoms with E-state index in [-0.39, 0.29) is 6.10 Å². The Kier molecular flexibility index (Phi) is 4.25. The summed E-state index contributed by atoms with van der Waals surface area (Å²) in [6.07, 6.45) is 0.814. The standard InChI is InChI=1S/C15H24N2O/c1-4-14-11-17(10-9-16(14)3)15-7-5-13(6-8-15)12(2)18/h5-8,12,14,18H,4,9-11H2,1-3H3/t12-,14?/m0/s1. The van der Waals surface area contributed by atoms with E-state index in [1.165, 1.54) is 12.1 Å². The van der Waals surface area contributed by atoms with Crippen LogP contribution in [0, 0.1) is 0 Å². The zero-order valence-electron chi connectivity index (χ0n) is 11.6. The van der Waals surface area contributed by atoms with Crippen molar-refractivity contribution in [1.82, 2.24) is 4.90 Å². The Morgan fingerprint density at radius 3 is 2.50 bits per heavy atom. The van der Waals surface area contributed by atoms with Gasteiger partial charge in [-0.2, -0.15) is 0 Å². The molecule has 1 heterocycles. The highest BCUT2D eigenvalue weighted by molar-refractivity contribution is 5.48. The van der Waals surface area contributed by atoms with Crippen molar-refractivity contribution in [3.05, 3.63) is 29.8 Å². The molecule has 0 spiro atoms. The number of nitrogens with zero attached hydrogens (tertiary/aromatic N) is 2. The molecule has 0 bridgehead atoms. The van der Waals surface area contributed by atoms with Crippen LogP contribution >= 0.6 is 0 Å². The molecule has 1 aliphatic heterocycles. The van der Waals surface area contributed by atoms with Crippen LogP contribution in [0.4, 0.5) is 5.69 Å². The molecule has 0 aromatic heterocycles. The van der Waals surface area contributed by atoms with Crippen molar-refractivity contribution < 1.29 is 5.11 Å². The van der Waals surface area contributed by atoms with E-state index in [0.29, 0.717) is 6.04 Å². The van der Waals surface area contributed by atoms with Crippen molar-refractivity contribution in [2.75, 3.05) is 31.6 Å². The van der Waals surface area contributed by atoms with E-state index in [1.807, 2.05) is 12.1 Å². The van der Waals surface area contributed by atoms with Gasteiger partial charge in [0.15, 0.2) is 0 Å². The highest BCUT2D eigenvalue weighted by Crippen LogP contribution is 2.22. The Morgan fingerprint density at radius 1 is 1.28 bits per heavy atom. The zero-order valence-corrected chi connectivity index (χ0v) is 11.6. The van der Waals surface area contributed by atoms with E-state index < -0.39 is 0 Å². The summed E-state index contributed by atoms with van der Waals surface area (Å²) in [4.78, 5) is 4.89. The van der Waals surface area contributed by atoms with Crippen LogP contribution in [-0.4, -0.2) is 42.7 Å². The first kappa shape index (κ1) is 13.4. The summed E-state index contributed by atoms with van der Waals surface area (Å²) >= 11 is 0. The average Bonchev–Trinajstić information content (AvgIpc) is 2.39. The smallest absolute Gasteiger partial charge is 0.0761 e. The van der Waals surface area contributed by atoms with Gasteiger partial charge in [-0.05, 0) is 38.1 Å². The number of likely N-dealkylation sites (N-methyl/N-ethyl adjacent to an activating group) is 1. The first-order valence-electron chi connectivity index (χ1n) is 6.85. The Morgan fingerprint density at radius 2 is 1.94 bits per heavy atom. The summed E-state index contributed by atoms with van der Waals surface area (Å²) in [6.45, 7) is 7.36. The van der Waals surface area contributed by atoms with Crippen LogP contribution in [0.15, 0.2) is 24.3 Å². The summed E-state index contributed by atoms with van der Waals surface area (Å²) in [7, 11) is 2.21. The minimum Gasteiger partial charge on any atom is -0.389 e. The lowest BCUT2D eigenvalue weighted by Gasteiger charge is -2.40. The molecule has 3 heteroatoms. The fourth-order valence-electron chi connectivity index (χ4n) is 2.59. The van der Waals surface area contributed by atoms with E-state index in [9.17, 15) is 5.11 Å². The normalized spacial score (nSPS) is 23.1. The van der Waals surface area contributed by atoms with Crippen molar-refractivity contribution in [1.29, 1.82) is 0 Å². The molecule has 3 nitrogen and oxygen atoms in total. The molecule has 0 amide bonds. The van der Waals surface area contributed by atoms with Gasteiger partial charge < -0.3 is 10.0 Å². The first-order chi connectivity index (χ1) is 8.61. The maximum absolute atomic E-state index is 9.52. The molecule has 1 N–H and O–H groups in total. The van der Waals surface area contributed by atoms with Crippen LogP contribution in [0.3, 0.4) is 0 Å². The molecule has 1 unspecified atom stereocenters. The molecule has 0 saturated carbocycles. The molecular weight excluding hydrogens is 224 g/mol. The predicted molar refractivity (Wildman–Crippen MR) is 76.0 cm³/mol. The third kappa shape index (κ3) is 2.85. The van der Waals surface area contributed by atoms with Crippen LogP contribution < -0.4 is 4.90 Å². The number of benzene rings is 1. The third-order valence-corrected chi connectivity index (χ3v) is 3.99. The van der Waals surface area contributed by atoms with Gasteiger partial charge in [-0.3, -0.25) is 4.90 Å². The monoisotopic (exact) mass is 248 g/mol. The van der Waals surface area contributed by atoms with Gasteiger partial charge in [0.1, 0.15) is 0 Å². The lowest BCUT2D eigenvalue weighted by Crippen LogP contribution is -2.51. The molecular formula is C15H24N2O. The highest BCUT2D eigenvalue weighted by Gasteiger charge is 2.22. The van der Waals surface area contributed by atoms with Crippen molar-refractivity contribution in [3.63, 3.8) is 0 Å². The van der Waals surface area contributed by atoms with E-state index in [4.69, 9.17) is 0 Å². The number of anilines is 1. The topological polar surface area (TPSA) is 26.7 Å². The van der Waals surface area contributed by atoms with E-state index in [1.54, 1.807) is 6.92 Å². The highest BCUT2D eigenvalue weighted by atomic mass is 16.3. The first-order valence-corrected chi connectivity index (χ1v) is 6.85. The fourth-order valence-corrected chi connectivity index (χ4v) is 2.59. The second-order valence-corrected chi connectivity index (χ2v) is 5.26. The van der Waals surface area contributed by atoms with Gasteiger partial charge in [-0.1, -0.05) is 19.1 Å². The van der Waals surface area contributed by atoms with Crippen LogP contribution in [0.5, 0.6) is 0 Å². The molecule has 1 fully saturated rings. The third-order valence-electron chi connectivity index (χ3n) is 3.99.